The van der Waals surface area contributed by atoms with E-state index in [-0.39, 0.29) is 0 Å². The van der Waals surface area contributed by atoms with E-state index in [1.54, 1.807) is 0 Å². The number of hydrogen-bond donors (Lipinski definition) is 0. The van der Waals surface area contributed by atoms with Gasteiger partial charge in [0.05, 0.1) is 6.61 Å². The highest BCUT2D eigenvalue weighted by Crippen LogP contribution is 2.45. The molecule has 0 unspecified atom stereocenters. The van der Waals surface area contributed by atoms with E-state index in [4.69, 9.17) is 16.3 Å². The Morgan fingerprint density at radius 2 is 1.96 bits per heavy atom. The summed E-state index contributed by atoms with van der Waals surface area (Å²) in [5.41, 5.74) is 1.83. The number of piperidine rings is 1. The molecule has 2 fully saturated rings. The summed E-state index contributed by atoms with van der Waals surface area (Å²) in [6.45, 7) is 4.45. The molecule has 0 aromatic heterocycles. The number of allylic oxidation sites excluding steroid dienone is 3. The van der Waals surface area contributed by atoms with E-state index in [1.807, 2.05) is 0 Å². The van der Waals surface area contributed by atoms with Gasteiger partial charge in [-0.2, -0.15) is 0 Å². The summed E-state index contributed by atoms with van der Waals surface area (Å²) >= 11 is 6.10. The molecular formula is C23H30ClNO. The van der Waals surface area contributed by atoms with Crippen LogP contribution in [0, 0.1) is 5.92 Å². The number of rotatable bonds is 6. The third-order valence-corrected chi connectivity index (χ3v) is 6.60. The van der Waals surface area contributed by atoms with Crippen LogP contribution in [0.1, 0.15) is 50.5 Å². The van der Waals surface area contributed by atoms with Crippen molar-refractivity contribution in [2.24, 2.45) is 5.92 Å². The fourth-order valence-corrected chi connectivity index (χ4v) is 4.84. The van der Waals surface area contributed by atoms with Crippen molar-refractivity contribution in [3.05, 3.63) is 58.8 Å². The Balaban J connectivity index is 1.34. The van der Waals surface area contributed by atoms with Crippen LogP contribution in [0.4, 0.5) is 0 Å². The maximum Gasteiger partial charge on any atom is 0.115 e. The van der Waals surface area contributed by atoms with Gasteiger partial charge in [0, 0.05) is 29.4 Å². The van der Waals surface area contributed by atoms with Gasteiger partial charge in [-0.15, -0.1) is 0 Å². The molecule has 1 heterocycles. The summed E-state index contributed by atoms with van der Waals surface area (Å²) in [5.74, 6) is 1.73. The summed E-state index contributed by atoms with van der Waals surface area (Å²) in [7, 11) is 0. The molecular weight excluding hydrogens is 342 g/mol. The Hall–Kier alpha value is -1.25. The molecule has 26 heavy (non-hydrogen) atoms. The average Bonchev–Trinajstić information content (AvgIpc) is 2.65. The molecule has 0 N–H and O–H groups in total. The van der Waals surface area contributed by atoms with Crippen molar-refractivity contribution in [2.75, 3.05) is 26.2 Å². The van der Waals surface area contributed by atoms with Gasteiger partial charge in [0.2, 0.25) is 0 Å². The smallest absolute Gasteiger partial charge is 0.115 e. The SMILES string of the molecule is Clc1ccc(C2(CN3CCC[C@@H](COC4=CCCC=C4)C3)CCC2)cc1. The lowest BCUT2D eigenvalue weighted by Crippen LogP contribution is -2.49. The zero-order valence-corrected chi connectivity index (χ0v) is 16.4. The zero-order valence-electron chi connectivity index (χ0n) is 15.6. The highest BCUT2D eigenvalue weighted by Gasteiger charge is 2.40. The summed E-state index contributed by atoms with van der Waals surface area (Å²) < 4.78 is 6.07. The largest absolute Gasteiger partial charge is 0.494 e. The van der Waals surface area contributed by atoms with Gasteiger partial charge in [-0.05, 0) is 74.9 Å². The van der Waals surface area contributed by atoms with E-state index in [1.165, 1.54) is 57.3 Å². The van der Waals surface area contributed by atoms with Crippen LogP contribution in [-0.4, -0.2) is 31.1 Å². The van der Waals surface area contributed by atoms with Crippen LogP contribution in [0.2, 0.25) is 5.02 Å². The highest BCUT2D eigenvalue weighted by atomic mass is 35.5. The fraction of sp³-hybridized carbons (Fsp3) is 0.565. The van der Waals surface area contributed by atoms with E-state index in [2.05, 4.69) is 47.4 Å². The van der Waals surface area contributed by atoms with Gasteiger partial charge in [0.15, 0.2) is 0 Å². The molecule has 3 heteroatoms. The van der Waals surface area contributed by atoms with E-state index in [9.17, 15) is 0 Å². The molecule has 0 radical (unpaired) electrons. The molecule has 1 atom stereocenters. The Kier molecular flexibility index (Phi) is 5.71. The molecule has 1 aromatic carbocycles. The minimum Gasteiger partial charge on any atom is -0.494 e. The molecule has 0 amide bonds. The Labute approximate surface area is 162 Å². The quantitative estimate of drug-likeness (QED) is 0.633. The minimum atomic E-state index is 0.349. The summed E-state index contributed by atoms with van der Waals surface area (Å²) in [6.07, 6.45) is 15.4. The molecule has 2 aliphatic carbocycles. The van der Waals surface area contributed by atoms with Crippen LogP contribution in [-0.2, 0) is 10.2 Å². The molecule has 0 bridgehead atoms. The average molecular weight is 372 g/mol. The minimum absolute atomic E-state index is 0.349. The molecule has 0 spiro atoms. The third kappa shape index (κ3) is 4.18. The van der Waals surface area contributed by atoms with E-state index in [0.717, 1.165) is 30.2 Å². The first-order valence-corrected chi connectivity index (χ1v) is 10.6. The van der Waals surface area contributed by atoms with Gasteiger partial charge < -0.3 is 9.64 Å². The molecule has 1 saturated carbocycles. The number of nitrogens with zero attached hydrogens (tertiary/aromatic N) is 1. The second-order valence-electron chi connectivity index (χ2n) is 8.28. The Morgan fingerprint density at radius 3 is 2.65 bits per heavy atom. The number of halogens is 1. The number of hydrogen-bond acceptors (Lipinski definition) is 2. The van der Waals surface area contributed by atoms with Crippen LogP contribution >= 0.6 is 11.6 Å². The van der Waals surface area contributed by atoms with Gasteiger partial charge in [-0.25, -0.2) is 0 Å². The summed E-state index contributed by atoms with van der Waals surface area (Å²) in [4.78, 5) is 2.69. The maximum atomic E-state index is 6.10. The molecule has 1 aliphatic heterocycles. The molecule has 3 aliphatic rings. The van der Waals surface area contributed by atoms with E-state index in [0.29, 0.717) is 11.3 Å². The van der Waals surface area contributed by atoms with Gasteiger partial charge in [0.1, 0.15) is 5.76 Å². The standard InChI is InChI=1S/C23H30ClNO/c24-21-11-9-20(10-12-21)23(13-5-14-23)18-25-15-4-6-19(16-25)17-26-22-7-2-1-3-8-22/h2,7-12,19H,1,3-6,13-18H2/t19-/m1/s1. The second kappa shape index (κ2) is 8.19. The van der Waals surface area contributed by atoms with Crippen LogP contribution in [0.5, 0.6) is 0 Å². The predicted molar refractivity (Wildman–Crippen MR) is 109 cm³/mol. The van der Waals surface area contributed by atoms with Gasteiger partial charge >= 0.3 is 0 Å². The Morgan fingerprint density at radius 1 is 1.12 bits per heavy atom. The summed E-state index contributed by atoms with van der Waals surface area (Å²) in [5, 5.41) is 0.837. The van der Waals surface area contributed by atoms with Crippen molar-refractivity contribution in [1.29, 1.82) is 0 Å². The monoisotopic (exact) mass is 371 g/mol. The van der Waals surface area contributed by atoms with Crippen LogP contribution in [0.25, 0.3) is 0 Å². The van der Waals surface area contributed by atoms with Crippen molar-refractivity contribution >= 4 is 11.6 Å². The summed E-state index contributed by atoms with van der Waals surface area (Å²) in [6, 6.07) is 8.59. The zero-order chi connectivity index (χ0) is 17.8. The van der Waals surface area contributed by atoms with Crippen LogP contribution < -0.4 is 0 Å². The highest BCUT2D eigenvalue weighted by molar-refractivity contribution is 6.30. The first-order chi connectivity index (χ1) is 12.7. The van der Waals surface area contributed by atoms with Crippen molar-refractivity contribution in [2.45, 2.75) is 50.4 Å². The van der Waals surface area contributed by atoms with Gasteiger partial charge in [-0.3, -0.25) is 0 Å². The van der Waals surface area contributed by atoms with Gasteiger partial charge in [-0.1, -0.05) is 36.2 Å². The van der Waals surface area contributed by atoms with Crippen molar-refractivity contribution in [3.63, 3.8) is 0 Å². The molecule has 140 valence electrons. The number of ether oxygens (including phenoxy) is 1. The number of benzene rings is 1. The lowest BCUT2D eigenvalue weighted by Gasteiger charge is -2.47. The Bertz CT molecular complexity index is 659. The lowest BCUT2D eigenvalue weighted by atomic mass is 9.64. The fourth-order valence-electron chi connectivity index (χ4n) is 4.71. The van der Waals surface area contributed by atoms with Crippen molar-refractivity contribution in [1.82, 2.24) is 4.90 Å². The first kappa shape index (κ1) is 18.1. The van der Waals surface area contributed by atoms with Gasteiger partial charge in [0.25, 0.3) is 0 Å². The van der Waals surface area contributed by atoms with Crippen LogP contribution in [0.15, 0.2) is 48.3 Å². The normalized spacial score (nSPS) is 25.4. The van der Waals surface area contributed by atoms with E-state index >= 15 is 0 Å². The van der Waals surface area contributed by atoms with Crippen LogP contribution in [0.3, 0.4) is 0 Å². The molecule has 1 aromatic rings. The number of likely N-dealkylation sites (tertiary alicyclic amines) is 1. The molecule has 1 saturated heterocycles. The topological polar surface area (TPSA) is 12.5 Å². The maximum absolute atomic E-state index is 6.10. The first-order valence-electron chi connectivity index (χ1n) is 10.2. The molecule has 4 rings (SSSR count). The second-order valence-corrected chi connectivity index (χ2v) is 8.72. The third-order valence-electron chi connectivity index (χ3n) is 6.34. The predicted octanol–water partition coefficient (Wildman–Crippen LogP) is 5.72. The van der Waals surface area contributed by atoms with Crippen molar-refractivity contribution in [3.8, 4) is 0 Å². The lowest BCUT2D eigenvalue weighted by molar-refractivity contribution is 0.0679. The van der Waals surface area contributed by atoms with E-state index < -0.39 is 0 Å². The molecule has 2 nitrogen and oxygen atoms in total. The van der Waals surface area contributed by atoms with Crippen molar-refractivity contribution < 1.29 is 4.74 Å².